The van der Waals surface area contributed by atoms with Crippen LogP contribution in [-0.4, -0.2) is 49.8 Å². The minimum atomic E-state index is 0. The van der Waals surface area contributed by atoms with Crippen molar-refractivity contribution in [3.05, 3.63) is 11.6 Å². The number of aliphatic imine (C=N–C) groups is 1. The fourth-order valence-corrected chi connectivity index (χ4v) is 3.85. The SMILES string of the molecule is CN=C(NCCC1=CCOCC1)NCC1(C)CCCS1.I. The first-order chi connectivity index (χ1) is 9.72. The van der Waals surface area contributed by atoms with Crippen molar-refractivity contribution in [2.45, 2.75) is 37.4 Å². The van der Waals surface area contributed by atoms with Gasteiger partial charge in [0.1, 0.15) is 0 Å². The molecule has 0 amide bonds. The maximum Gasteiger partial charge on any atom is 0.191 e. The van der Waals surface area contributed by atoms with Crippen LogP contribution >= 0.6 is 35.7 Å². The van der Waals surface area contributed by atoms with Gasteiger partial charge in [-0.3, -0.25) is 4.99 Å². The van der Waals surface area contributed by atoms with Crippen LogP contribution in [0.15, 0.2) is 16.6 Å². The van der Waals surface area contributed by atoms with Crippen LogP contribution in [0.4, 0.5) is 0 Å². The minimum Gasteiger partial charge on any atom is -0.377 e. The zero-order valence-electron chi connectivity index (χ0n) is 13.1. The number of ether oxygens (including phenoxy) is 1. The van der Waals surface area contributed by atoms with Crippen molar-refractivity contribution >= 4 is 41.7 Å². The maximum absolute atomic E-state index is 5.32. The highest BCUT2D eigenvalue weighted by atomic mass is 127. The van der Waals surface area contributed by atoms with Crippen molar-refractivity contribution in [3.8, 4) is 0 Å². The summed E-state index contributed by atoms with van der Waals surface area (Å²) in [6.07, 6.45) is 7.00. The topological polar surface area (TPSA) is 45.7 Å². The molecule has 0 aromatic rings. The molecule has 1 unspecified atom stereocenters. The van der Waals surface area contributed by atoms with Gasteiger partial charge in [0.15, 0.2) is 5.96 Å². The summed E-state index contributed by atoms with van der Waals surface area (Å²) in [4.78, 5) is 4.30. The van der Waals surface area contributed by atoms with Crippen molar-refractivity contribution < 1.29 is 4.74 Å². The number of nitrogens with zero attached hydrogens (tertiary/aromatic N) is 1. The second-order valence-electron chi connectivity index (χ2n) is 5.69. The second-order valence-corrected chi connectivity index (χ2v) is 7.37. The van der Waals surface area contributed by atoms with Crippen LogP contribution in [-0.2, 0) is 4.74 Å². The number of halogens is 1. The number of nitrogens with one attached hydrogen (secondary N) is 2. The Morgan fingerprint density at radius 2 is 2.33 bits per heavy atom. The Balaban J connectivity index is 0.00000220. The zero-order valence-corrected chi connectivity index (χ0v) is 16.3. The number of guanidine groups is 1. The van der Waals surface area contributed by atoms with Gasteiger partial charge in [0.05, 0.1) is 13.2 Å². The predicted molar refractivity (Wildman–Crippen MR) is 103 cm³/mol. The number of rotatable bonds is 5. The first kappa shape index (κ1) is 19.1. The van der Waals surface area contributed by atoms with Crippen LogP contribution < -0.4 is 10.6 Å². The molecule has 6 heteroatoms. The molecule has 0 spiro atoms. The van der Waals surface area contributed by atoms with Crippen molar-refractivity contribution in [3.63, 3.8) is 0 Å². The molecule has 4 nitrogen and oxygen atoms in total. The van der Waals surface area contributed by atoms with Crippen molar-refractivity contribution in [1.29, 1.82) is 0 Å². The highest BCUT2D eigenvalue weighted by Crippen LogP contribution is 2.36. The Kier molecular flexibility index (Phi) is 9.04. The number of thioether (sulfide) groups is 1. The maximum atomic E-state index is 5.32. The van der Waals surface area contributed by atoms with Crippen LogP contribution in [0.5, 0.6) is 0 Å². The lowest BCUT2D eigenvalue weighted by Crippen LogP contribution is -2.44. The molecule has 2 aliphatic heterocycles. The van der Waals surface area contributed by atoms with E-state index in [1.165, 1.54) is 24.2 Å². The fraction of sp³-hybridized carbons (Fsp3) is 0.800. The molecular formula is C15H28IN3OS. The van der Waals surface area contributed by atoms with Gasteiger partial charge in [-0.1, -0.05) is 11.6 Å². The molecule has 0 aliphatic carbocycles. The van der Waals surface area contributed by atoms with Crippen LogP contribution in [0.2, 0.25) is 0 Å². The van der Waals surface area contributed by atoms with E-state index in [1.807, 2.05) is 7.05 Å². The van der Waals surface area contributed by atoms with Gasteiger partial charge in [0.25, 0.3) is 0 Å². The summed E-state index contributed by atoms with van der Waals surface area (Å²) in [7, 11) is 1.84. The zero-order chi connectivity index (χ0) is 14.3. The van der Waals surface area contributed by atoms with Gasteiger partial charge in [0.2, 0.25) is 0 Å². The van der Waals surface area contributed by atoms with E-state index in [0.29, 0.717) is 4.75 Å². The molecular weight excluding hydrogens is 397 g/mol. The summed E-state index contributed by atoms with van der Waals surface area (Å²) in [6.45, 7) is 5.92. The Morgan fingerprint density at radius 3 is 2.95 bits per heavy atom. The summed E-state index contributed by atoms with van der Waals surface area (Å²) < 4.78 is 5.70. The van der Waals surface area contributed by atoms with E-state index in [-0.39, 0.29) is 24.0 Å². The minimum absolute atomic E-state index is 0. The van der Waals surface area contributed by atoms with E-state index in [9.17, 15) is 0 Å². The first-order valence-corrected chi connectivity index (χ1v) is 8.54. The molecule has 0 bridgehead atoms. The van der Waals surface area contributed by atoms with Crippen molar-refractivity contribution in [2.75, 3.05) is 39.1 Å². The van der Waals surface area contributed by atoms with Crippen LogP contribution in [0, 0.1) is 0 Å². The van der Waals surface area contributed by atoms with Gasteiger partial charge in [-0.2, -0.15) is 11.8 Å². The third-order valence-electron chi connectivity index (χ3n) is 3.95. The molecule has 0 aromatic carbocycles. The highest BCUT2D eigenvalue weighted by Gasteiger charge is 2.29. The number of hydrogen-bond acceptors (Lipinski definition) is 3. The average Bonchev–Trinajstić information content (AvgIpc) is 2.91. The molecule has 2 rings (SSSR count). The lowest BCUT2D eigenvalue weighted by molar-refractivity contribution is 0.153. The highest BCUT2D eigenvalue weighted by molar-refractivity contribution is 14.0. The molecule has 1 atom stereocenters. The molecule has 122 valence electrons. The van der Waals surface area contributed by atoms with E-state index in [4.69, 9.17) is 4.74 Å². The molecule has 0 aromatic heterocycles. The third-order valence-corrected chi connectivity index (χ3v) is 5.49. The fourth-order valence-electron chi connectivity index (χ4n) is 2.60. The Bertz CT molecular complexity index is 368. The third kappa shape index (κ3) is 6.78. The van der Waals surface area contributed by atoms with Crippen molar-refractivity contribution in [2.24, 2.45) is 4.99 Å². The normalized spacial score (nSPS) is 26.0. The summed E-state index contributed by atoms with van der Waals surface area (Å²) in [6, 6.07) is 0. The molecule has 21 heavy (non-hydrogen) atoms. The van der Waals surface area contributed by atoms with Gasteiger partial charge >= 0.3 is 0 Å². The summed E-state index contributed by atoms with van der Waals surface area (Å²) in [5.74, 6) is 2.21. The van der Waals surface area contributed by atoms with E-state index in [1.54, 1.807) is 0 Å². The van der Waals surface area contributed by atoms with E-state index < -0.39 is 0 Å². The average molecular weight is 425 g/mol. The van der Waals surface area contributed by atoms with Gasteiger partial charge in [-0.15, -0.1) is 24.0 Å². The number of hydrogen-bond donors (Lipinski definition) is 2. The van der Waals surface area contributed by atoms with Crippen LogP contribution in [0.25, 0.3) is 0 Å². The molecule has 2 heterocycles. The molecule has 2 N–H and O–H groups in total. The van der Waals surface area contributed by atoms with Gasteiger partial charge in [-0.05, 0) is 38.4 Å². The summed E-state index contributed by atoms with van der Waals surface area (Å²) in [5, 5.41) is 6.87. The van der Waals surface area contributed by atoms with Crippen molar-refractivity contribution in [1.82, 2.24) is 10.6 Å². The molecule has 0 radical (unpaired) electrons. The smallest absolute Gasteiger partial charge is 0.191 e. The van der Waals surface area contributed by atoms with Gasteiger partial charge < -0.3 is 15.4 Å². The quantitative estimate of drug-likeness (QED) is 0.308. The predicted octanol–water partition coefficient (Wildman–Crippen LogP) is 2.79. The Labute approximate surface area is 150 Å². The van der Waals surface area contributed by atoms with E-state index >= 15 is 0 Å². The molecule has 0 saturated carbocycles. The lowest BCUT2D eigenvalue weighted by atomic mass is 10.1. The largest absolute Gasteiger partial charge is 0.377 e. The lowest BCUT2D eigenvalue weighted by Gasteiger charge is -2.24. The Hall–Kier alpha value is 0.0500. The second kappa shape index (κ2) is 9.94. The molecule has 1 fully saturated rings. The van der Waals surface area contributed by atoms with Gasteiger partial charge in [0, 0.05) is 24.9 Å². The summed E-state index contributed by atoms with van der Waals surface area (Å²) in [5.41, 5.74) is 1.50. The van der Waals surface area contributed by atoms with Crippen LogP contribution in [0.3, 0.4) is 0 Å². The van der Waals surface area contributed by atoms with Crippen LogP contribution in [0.1, 0.15) is 32.6 Å². The van der Waals surface area contributed by atoms with E-state index in [2.05, 4.69) is 40.4 Å². The molecule has 2 aliphatic rings. The Morgan fingerprint density at radius 1 is 1.48 bits per heavy atom. The molecule has 1 saturated heterocycles. The monoisotopic (exact) mass is 425 g/mol. The standard InChI is InChI=1S/C15H27N3OS.HI/c1-15(7-3-11-20-15)12-18-14(16-2)17-8-4-13-5-9-19-10-6-13;/h5H,3-4,6-12H2,1-2H3,(H2,16,17,18);1H. The van der Waals surface area contributed by atoms with Gasteiger partial charge in [-0.25, -0.2) is 0 Å². The first-order valence-electron chi connectivity index (χ1n) is 7.56. The van der Waals surface area contributed by atoms with E-state index in [0.717, 1.165) is 45.1 Å². The summed E-state index contributed by atoms with van der Waals surface area (Å²) >= 11 is 2.08.